The molecule has 1 atom stereocenters. The zero-order chi connectivity index (χ0) is 15.7. The Bertz CT molecular complexity index is 341. The molecule has 1 aliphatic carbocycles. The van der Waals surface area contributed by atoms with Crippen LogP contribution < -0.4 is 10.6 Å². The van der Waals surface area contributed by atoms with Gasteiger partial charge in [-0.05, 0) is 37.5 Å². The fourth-order valence-corrected chi connectivity index (χ4v) is 3.29. The van der Waals surface area contributed by atoms with Crippen molar-refractivity contribution in [2.75, 3.05) is 40.0 Å². The smallest absolute Gasteiger partial charge is 0.190 e. The number of rotatable bonds is 8. The maximum atomic E-state index is 5.67. The summed E-state index contributed by atoms with van der Waals surface area (Å²) in [4.78, 5) is 4.29. The van der Waals surface area contributed by atoms with Crippen LogP contribution in [0.15, 0.2) is 4.99 Å². The zero-order valence-corrected chi connectivity index (χ0v) is 17.1. The molecule has 0 aromatic carbocycles. The summed E-state index contributed by atoms with van der Waals surface area (Å²) < 4.78 is 11.2. The number of hydrogen-bond donors (Lipinski definition) is 2. The van der Waals surface area contributed by atoms with Crippen molar-refractivity contribution in [2.45, 2.75) is 58.0 Å². The summed E-state index contributed by atoms with van der Waals surface area (Å²) in [5.41, 5.74) is 0.446. The third-order valence-electron chi connectivity index (χ3n) is 4.80. The fraction of sp³-hybridized carbons (Fsp3) is 0.941. The third kappa shape index (κ3) is 8.03. The fourth-order valence-electron chi connectivity index (χ4n) is 3.29. The first-order chi connectivity index (χ1) is 10.7. The monoisotopic (exact) mass is 439 g/mol. The first kappa shape index (κ1) is 21.0. The predicted octanol–water partition coefficient (Wildman–Crippen LogP) is 2.94. The Hall–Kier alpha value is -0.0800. The molecule has 0 bridgehead atoms. The lowest BCUT2D eigenvalue weighted by Gasteiger charge is -2.25. The molecule has 2 fully saturated rings. The molecule has 0 aromatic heterocycles. The van der Waals surface area contributed by atoms with Crippen molar-refractivity contribution < 1.29 is 9.47 Å². The van der Waals surface area contributed by atoms with Crippen LogP contribution in [0.1, 0.15) is 51.9 Å². The number of nitrogens with one attached hydrogen (secondary N) is 2. The third-order valence-corrected chi connectivity index (χ3v) is 4.80. The van der Waals surface area contributed by atoms with Crippen molar-refractivity contribution in [1.29, 1.82) is 0 Å². The van der Waals surface area contributed by atoms with E-state index in [0.717, 1.165) is 51.7 Å². The number of ether oxygens (including phenoxy) is 2. The van der Waals surface area contributed by atoms with Gasteiger partial charge < -0.3 is 20.1 Å². The summed E-state index contributed by atoms with van der Waals surface area (Å²) in [6.45, 7) is 6.70. The molecule has 136 valence electrons. The van der Waals surface area contributed by atoms with E-state index < -0.39 is 0 Å². The van der Waals surface area contributed by atoms with Gasteiger partial charge in [-0.1, -0.05) is 19.8 Å². The van der Waals surface area contributed by atoms with Gasteiger partial charge in [-0.25, -0.2) is 0 Å². The number of guanidine groups is 1. The summed E-state index contributed by atoms with van der Waals surface area (Å²) in [5.74, 6) is 0.909. The molecular formula is C17H34IN3O2. The van der Waals surface area contributed by atoms with Gasteiger partial charge in [-0.2, -0.15) is 0 Å². The molecule has 0 spiro atoms. The van der Waals surface area contributed by atoms with Crippen LogP contribution in [-0.4, -0.2) is 52.0 Å². The number of hydrogen-bond acceptors (Lipinski definition) is 3. The molecule has 2 N–H and O–H groups in total. The van der Waals surface area contributed by atoms with Crippen LogP contribution in [0.25, 0.3) is 0 Å². The van der Waals surface area contributed by atoms with Gasteiger partial charge in [0, 0.05) is 33.4 Å². The van der Waals surface area contributed by atoms with E-state index in [-0.39, 0.29) is 24.0 Å². The molecule has 1 aliphatic heterocycles. The van der Waals surface area contributed by atoms with Crippen molar-refractivity contribution in [2.24, 2.45) is 10.4 Å². The van der Waals surface area contributed by atoms with Crippen LogP contribution in [0.5, 0.6) is 0 Å². The highest BCUT2D eigenvalue weighted by molar-refractivity contribution is 14.0. The van der Waals surface area contributed by atoms with Gasteiger partial charge in [0.1, 0.15) is 0 Å². The van der Waals surface area contributed by atoms with E-state index in [1.165, 1.54) is 32.1 Å². The van der Waals surface area contributed by atoms with Gasteiger partial charge >= 0.3 is 0 Å². The number of aliphatic imine (C=N–C) groups is 1. The maximum absolute atomic E-state index is 5.67. The normalized spacial score (nSPS) is 23.6. The van der Waals surface area contributed by atoms with Crippen LogP contribution in [0, 0.1) is 5.41 Å². The van der Waals surface area contributed by atoms with Gasteiger partial charge in [0.2, 0.25) is 0 Å². The van der Waals surface area contributed by atoms with Crippen LogP contribution >= 0.6 is 24.0 Å². The van der Waals surface area contributed by atoms with E-state index in [1.807, 2.05) is 7.05 Å². The molecule has 6 heteroatoms. The molecule has 5 nitrogen and oxygen atoms in total. The Labute approximate surface area is 158 Å². The Morgan fingerprint density at radius 1 is 1.26 bits per heavy atom. The largest absolute Gasteiger partial charge is 0.379 e. The quantitative estimate of drug-likeness (QED) is 0.264. The van der Waals surface area contributed by atoms with Gasteiger partial charge in [0.15, 0.2) is 5.96 Å². The van der Waals surface area contributed by atoms with Crippen LogP contribution in [0.3, 0.4) is 0 Å². The first-order valence-corrected chi connectivity index (χ1v) is 8.86. The summed E-state index contributed by atoms with van der Waals surface area (Å²) in [7, 11) is 1.83. The lowest BCUT2D eigenvalue weighted by Crippen LogP contribution is -2.42. The Balaban J connectivity index is 0.00000264. The minimum atomic E-state index is 0. The van der Waals surface area contributed by atoms with Crippen molar-refractivity contribution in [1.82, 2.24) is 10.6 Å². The second-order valence-corrected chi connectivity index (χ2v) is 6.93. The summed E-state index contributed by atoms with van der Waals surface area (Å²) in [6, 6.07) is 0. The number of halogens is 1. The number of nitrogens with zero attached hydrogens (tertiary/aromatic N) is 1. The Morgan fingerprint density at radius 3 is 2.70 bits per heavy atom. The molecule has 0 aromatic rings. The van der Waals surface area contributed by atoms with Gasteiger partial charge in [-0.15, -0.1) is 24.0 Å². The van der Waals surface area contributed by atoms with Crippen molar-refractivity contribution in [3.63, 3.8) is 0 Å². The average molecular weight is 439 g/mol. The lowest BCUT2D eigenvalue weighted by molar-refractivity contribution is 0.0168. The minimum absolute atomic E-state index is 0. The van der Waals surface area contributed by atoms with Crippen LogP contribution in [-0.2, 0) is 9.47 Å². The topological polar surface area (TPSA) is 54.9 Å². The van der Waals surface area contributed by atoms with Crippen molar-refractivity contribution in [3.8, 4) is 0 Å². The highest BCUT2D eigenvalue weighted by atomic mass is 127. The molecule has 1 unspecified atom stereocenters. The molecule has 1 saturated carbocycles. The molecule has 1 saturated heterocycles. The minimum Gasteiger partial charge on any atom is -0.379 e. The second kappa shape index (κ2) is 11.5. The van der Waals surface area contributed by atoms with E-state index in [1.54, 1.807) is 0 Å². The van der Waals surface area contributed by atoms with Gasteiger partial charge in [-0.3, -0.25) is 4.99 Å². The molecule has 2 aliphatic rings. The Morgan fingerprint density at radius 2 is 2.04 bits per heavy atom. The maximum Gasteiger partial charge on any atom is 0.190 e. The average Bonchev–Trinajstić information content (AvgIpc) is 3.18. The molecule has 0 amide bonds. The highest BCUT2D eigenvalue weighted by Gasteiger charge is 2.28. The standard InChI is InChI=1S/C17H33N3O2.HI/c1-17(8-3-4-9-17)14-20-16(18-2)19-10-6-11-21-13-15-7-5-12-22-15;/h15H,3-14H2,1-2H3,(H2,18,19,20);1H. The van der Waals surface area contributed by atoms with Crippen LogP contribution in [0.4, 0.5) is 0 Å². The summed E-state index contributed by atoms with van der Waals surface area (Å²) >= 11 is 0. The SMILES string of the molecule is CN=C(NCCCOCC1CCCO1)NCC1(C)CCCC1.I. The van der Waals surface area contributed by atoms with Gasteiger partial charge in [0.05, 0.1) is 12.7 Å². The van der Waals surface area contributed by atoms with Crippen molar-refractivity contribution in [3.05, 3.63) is 0 Å². The van der Waals surface area contributed by atoms with E-state index in [4.69, 9.17) is 9.47 Å². The van der Waals surface area contributed by atoms with Crippen LogP contribution in [0.2, 0.25) is 0 Å². The Kier molecular flexibility index (Phi) is 10.5. The summed E-state index contributed by atoms with van der Waals surface area (Å²) in [5, 5.41) is 6.83. The molecule has 0 radical (unpaired) electrons. The van der Waals surface area contributed by atoms with E-state index in [9.17, 15) is 0 Å². The van der Waals surface area contributed by atoms with E-state index >= 15 is 0 Å². The van der Waals surface area contributed by atoms with E-state index in [2.05, 4.69) is 22.5 Å². The second-order valence-electron chi connectivity index (χ2n) is 6.93. The van der Waals surface area contributed by atoms with E-state index in [0.29, 0.717) is 11.5 Å². The zero-order valence-electron chi connectivity index (χ0n) is 14.7. The predicted molar refractivity (Wildman–Crippen MR) is 106 cm³/mol. The first-order valence-electron chi connectivity index (χ1n) is 8.86. The van der Waals surface area contributed by atoms with Gasteiger partial charge in [0.25, 0.3) is 0 Å². The molecule has 23 heavy (non-hydrogen) atoms. The molecule has 2 rings (SSSR count). The molecule has 1 heterocycles. The van der Waals surface area contributed by atoms with Crippen molar-refractivity contribution >= 4 is 29.9 Å². The highest BCUT2D eigenvalue weighted by Crippen LogP contribution is 2.36. The lowest BCUT2D eigenvalue weighted by atomic mass is 9.89. The summed E-state index contributed by atoms with van der Waals surface area (Å²) in [6.07, 6.45) is 9.03. The molecular weight excluding hydrogens is 405 g/mol.